The molecule has 0 bridgehead atoms. The number of rotatable bonds is 4. The Morgan fingerprint density at radius 1 is 1.42 bits per heavy atom. The highest BCUT2D eigenvalue weighted by Crippen LogP contribution is 2.30. The van der Waals surface area contributed by atoms with Gasteiger partial charge < -0.3 is 16.6 Å². The van der Waals surface area contributed by atoms with E-state index in [1.807, 2.05) is 31.2 Å². The Labute approximate surface area is 114 Å². The van der Waals surface area contributed by atoms with E-state index in [2.05, 4.69) is 4.98 Å². The summed E-state index contributed by atoms with van der Waals surface area (Å²) in [5.41, 5.74) is 12.7. The number of aliphatic hydroxyl groups excluding tert-OH is 1. The van der Waals surface area contributed by atoms with Crippen molar-refractivity contribution in [3.05, 3.63) is 35.5 Å². The van der Waals surface area contributed by atoms with Crippen LogP contribution in [0.25, 0.3) is 10.6 Å². The van der Waals surface area contributed by atoms with E-state index in [4.69, 9.17) is 11.5 Å². The smallest absolute Gasteiger partial charge is 0.270 e. The van der Waals surface area contributed by atoms with Gasteiger partial charge in [0.2, 0.25) is 0 Å². The molecule has 1 atom stereocenters. The molecule has 2 aromatic rings. The molecule has 100 valence electrons. The first-order chi connectivity index (χ1) is 9.02. The largest absolute Gasteiger partial charge is 0.389 e. The van der Waals surface area contributed by atoms with Crippen LogP contribution in [0.4, 0.5) is 5.00 Å². The number of primary amides is 1. The number of aromatic nitrogens is 1. The molecule has 0 aliphatic rings. The Bertz CT molecular complexity index is 592. The lowest BCUT2D eigenvalue weighted by Gasteiger charge is -2.07. The highest BCUT2D eigenvalue weighted by molar-refractivity contribution is 7.19. The van der Waals surface area contributed by atoms with Gasteiger partial charge in [0, 0.05) is 5.56 Å². The predicted molar refractivity (Wildman–Crippen MR) is 75.7 cm³/mol. The van der Waals surface area contributed by atoms with Crippen molar-refractivity contribution in [2.75, 3.05) is 5.73 Å². The van der Waals surface area contributed by atoms with Gasteiger partial charge in [-0.2, -0.15) is 0 Å². The van der Waals surface area contributed by atoms with Gasteiger partial charge in [0.25, 0.3) is 5.91 Å². The number of hydrogen-bond acceptors (Lipinski definition) is 5. The molecule has 0 aliphatic heterocycles. The fourth-order valence-electron chi connectivity index (χ4n) is 1.72. The van der Waals surface area contributed by atoms with E-state index in [0.29, 0.717) is 16.4 Å². The number of nitrogen functional groups attached to an aromatic ring is 1. The number of nitrogens with two attached hydrogens (primary N) is 2. The molecular formula is C13H15N3O2S. The second kappa shape index (κ2) is 5.38. The third-order valence-corrected chi connectivity index (χ3v) is 3.75. The third kappa shape index (κ3) is 2.74. The lowest BCUT2D eigenvalue weighted by atomic mass is 10.1. The van der Waals surface area contributed by atoms with Crippen molar-refractivity contribution in [3.63, 3.8) is 0 Å². The zero-order valence-electron chi connectivity index (χ0n) is 10.5. The predicted octanol–water partition coefficient (Wildman–Crippen LogP) is 1.93. The molecule has 6 heteroatoms. The molecule has 0 aliphatic carbocycles. The van der Waals surface area contributed by atoms with E-state index < -0.39 is 12.0 Å². The van der Waals surface area contributed by atoms with Gasteiger partial charge >= 0.3 is 0 Å². The lowest BCUT2D eigenvalue weighted by Crippen LogP contribution is -2.13. The first-order valence-corrected chi connectivity index (χ1v) is 6.69. The molecule has 19 heavy (non-hydrogen) atoms. The molecule has 0 radical (unpaired) electrons. The van der Waals surface area contributed by atoms with Crippen molar-refractivity contribution in [2.24, 2.45) is 5.73 Å². The molecule has 1 aromatic heterocycles. The molecule has 0 fully saturated rings. The second-order valence-corrected chi connectivity index (χ2v) is 5.17. The fourth-order valence-corrected chi connectivity index (χ4v) is 2.56. The lowest BCUT2D eigenvalue weighted by molar-refractivity contribution is 0.0997. The number of aliphatic hydroxyl groups is 1. The molecule has 5 N–H and O–H groups in total. The molecule has 1 unspecified atom stereocenters. The topological polar surface area (TPSA) is 102 Å². The summed E-state index contributed by atoms with van der Waals surface area (Å²) in [6.45, 7) is 1.92. The van der Waals surface area contributed by atoms with Crippen LogP contribution in [0.5, 0.6) is 0 Å². The molecule has 1 heterocycles. The van der Waals surface area contributed by atoms with Gasteiger partial charge in [0.1, 0.15) is 10.0 Å². The summed E-state index contributed by atoms with van der Waals surface area (Å²) in [5.74, 6) is -0.627. The third-order valence-electron chi connectivity index (χ3n) is 2.82. The summed E-state index contributed by atoms with van der Waals surface area (Å²) in [6.07, 6.45) is 0.201. The maximum Gasteiger partial charge on any atom is 0.270 e. The molecule has 0 saturated carbocycles. The number of amides is 1. The number of carbonyl (C=O) groups excluding carboxylic acids is 1. The summed E-state index contributed by atoms with van der Waals surface area (Å²) in [6, 6.07) is 7.37. The average molecular weight is 277 g/mol. The number of nitrogens with zero attached hydrogens (tertiary/aromatic N) is 1. The van der Waals surface area contributed by atoms with Crippen LogP contribution in [0.2, 0.25) is 0 Å². The van der Waals surface area contributed by atoms with Crippen LogP contribution in [0.1, 0.15) is 35.5 Å². The standard InChI is InChI=1S/C13H15N3O2S/c1-2-9(17)7-3-5-8(6-4-7)13-16-10(11(14)18)12(15)19-13/h3-6,9,17H,2,15H2,1H3,(H2,14,18). The van der Waals surface area contributed by atoms with Crippen LogP contribution in [0.3, 0.4) is 0 Å². The minimum absolute atomic E-state index is 0.109. The average Bonchev–Trinajstić information content (AvgIpc) is 2.80. The Kier molecular flexibility index (Phi) is 3.82. The van der Waals surface area contributed by atoms with Gasteiger partial charge in [-0.05, 0) is 12.0 Å². The maximum atomic E-state index is 11.1. The normalized spacial score (nSPS) is 12.3. The minimum Gasteiger partial charge on any atom is -0.389 e. The highest BCUT2D eigenvalue weighted by Gasteiger charge is 2.14. The first-order valence-electron chi connectivity index (χ1n) is 5.87. The first kappa shape index (κ1) is 13.5. The Morgan fingerprint density at radius 2 is 2.05 bits per heavy atom. The molecule has 2 rings (SSSR count). The number of benzene rings is 1. The van der Waals surface area contributed by atoms with Gasteiger partial charge in [-0.25, -0.2) is 4.98 Å². The zero-order chi connectivity index (χ0) is 14.0. The van der Waals surface area contributed by atoms with Gasteiger partial charge in [-0.15, -0.1) is 0 Å². The molecule has 1 aromatic carbocycles. The number of hydrogen-bond donors (Lipinski definition) is 3. The number of thiazole rings is 1. The molecule has 5 nitrogen and oxygen atoms in total. The SMILES string of the molecule is CCC(O)c1ccc(-c2nc(C(N)=O)c(N)s2)cc1. The van der Waals surface area contributed by atoms with E-state index in [1.54, 1.807) is 0 Å². The van der Waals surface area contributed by atoms with Crippen LogP contribution < -0.4 is 11.5 Å². The summed E-state index contributed by atoms with van der Waals surface area (Å²) in [5, 5.41) is 10.7. The molecular weight excluding hydrogens is 262 g/mol. The zero-order valence-corrected chi connectivity index (χ0v) is 11.3. The summed E-state index contributed by atoms with van der Waals surface area (Å²) in [4.78, 5) is 15.2. The van der Waals surface area contributed by atoms with Crippen LogP contribution in [0, 0.1) is 0 Å². The van der Waals surface area contributed by atoms with Gasteiger partial charge in [0.05, 0.1) is 6.10 Å². The van der Waals surface area contributed by atoms with Gasteiger partial charge in [0.15, 0.2) is 5.69 Å². The van der Waals surface area contributed by atoms with Crippen LogP contribution in [0.15, 0.2) is 24.3 Å². The Morgan fingerprint density at radius 3 is 2.53 bits per heavy atom. The van der Waals surface area contributed by atoms with Crippen molar-refractivity contribution in [3.8, 4) is 10.6 Å². The Hall–Kier alpha value is -1.92. The second-order valence-electron chi connectivity index (χ2n) is 4.14. The monoisotopic (exact) mass is 277 g/mol. The van der Waals surface area contributed by atoms with E-state index in [1.165, 1.54) is 11.3 Å². The van der Waals surface area contributed by atoms with E-state index in [-0.39, 0.29) is 5.69 Å². The number of carbonyl (C=O) groups is 1. The fraction of sp³-hybridized carbons (Fsp3) is 0.231. The van der Waals surface area contributed by atoms with Crippen LogP contribution in [-0.4, -0.2) is 16.0 Å². The summed E-state index contributed by atoms with van der Waals surface area (Å²) < 4.78 is 0. The van der Waals surface area contributed by atoms with Crippen molar-refractivity contribution in [2.45, 2.75) is 19.4 Å². The van der Waals surface area contributed by atoms with Crippen LogP contribution in [-0.2, 0) is 0 Å². The van der Waals surface area contributed by atoms with Crippen molar-refractivity contribution in [1.82, 2.24) is 4.98 Å². The maximum absolute atomic E-state index is 11.1. The molecule has 0 spiro atoms. The highest BCUT2D eigenvalue weighted by atomic mass is 32.1. The summed E-state index contributed by atoms with van der Waals surface area (Å²) >= 11 is 1.22. The van der Waals surface area contributed by atoms with Crippen molar-refractivity contribution >= 4 is 22.2 Å². The molecule has 1 amide bonds. The van der Waals surface area contributed by atoms with Gasteiger partial charge in [-0.3, -0.25) is 4.79 Å². The quantitative estimate of drug-likeness (QED) is 0.794. The minimum atomic E-state index is -0.627. The van der Waals surface area contributed by atoms with E-state index in [0.717, 1.165) is 11.1 Å². The summed E-state index contributed by atoms with van der Waals surface area (Å²) in [7, 11) is 0. The Balaban J connectivity index is 2.32. The number of anilines is 1. The molecule has 0 saturated heterocycles. The van der Waals surface area contributed by atoms with Crippen molar-refractivity contribution < 1.29 is 9.90 Å². The van der Waals surface area contributed by atoms with E-state index in [9.17, 15) is 9.90 Å². The van der Waals surface area contributed by atoms with Crippen molar-refractivity contribution in [1.29, 1.82) is 0 Å². The van der Waals surface area contributed by atoms with E-state index >= 15 is 0 Å². The van der Waals surface area contributed by atoms with Crippen LogP contribution >= 0.6 is 11.3 Å². The van der Waals surface area contributed by atoms with Gasteiger partial charge in [-0.1, -0.05) is 42.5 Å².